The minimum Gasteiger partial charge on any atom is -0.368 e. The maximum Gasteiger partial charge on any atom is 0.219 e. The van der Waals surface area contributed by atoms with Gasteiger partial charge in [0.1, 0.15) is 17.2 Å². The summed E-state index contributed by atoms with van der Waals surface area (Å²) in [5.41, 5.74) is 10.8. The average molecular weight is 370 g/mol. The van der Waals surface area contributed by atoms with Crippen molar-refractivity contribution in [3.8, 4) is 16.8 Å². The molecule has 0 spiro atoms. The van der Waals surface area contributed by atoms with Crippen molar-refractivity contribution >= 4 is 27.9 Å². The fourth-order valence-corrected chi connectivity index (χ4v) is 3.44. The second-order valence-electron chi connectivity index (χ2n) is 6.52. The highest BCUT2D eigenvalue weighted by Crippen LogP contribution is 2.31. The van der Waals surface area contributed by atoms with Crippen LogP contribution in [0.15, 0.2) is 61.1 Å². The number of hydrogen-bond donors (Lipinski definition) is 1. The number of hydrogen-bond acceptors (Lipinski definition) is 5. The van der Waals surface area contributed by atoms with Crippen molar-refractivity contribution in [2.45, 2.75) is 6.92 Å². The number of nitrogens with zero attached hydrogens (tertiary/aromatic N) is 5. The van der Waals surface area contributed by atoms with Crippen LogP contribution >= 0.6 is 0 Å². The van der Waals surface area contributed by atoms with Gasteiger partial charge in [0.15, 0.2) is 0 Å². The number of halogens is 1. The zero-order valence-corrected chi connectivity index (χ0v) is 15.0. The van der Waals surface area contributed by atoms with Crippen molar-refractivity contribution in [2.75, 3.05) is 5.73 Å². The Labute approximate surface area is 159 Å². The molecule has 0 atom stereocenters. The van der Waals surface area contributed by atoms with Crippen LogP contribution in [0.5, 0.6) is 0 Å². The SMILES string of the molecule is Cc1nc2cnc3ccc(-c4cnc(N)nc4)cc3c2n1-c1ccc(F)cc1. The third-order valence-corrected chi connectivity index (χ3v) is 4.74. The number of aromatic nitrogens is 5. The van der Waals surface area contributed by atoms with Crippen molar-refractivity contribution in [2.24, 2.45) is 0 Å². The molecule has 3 heterocycles. The van der Waals surface area contributed by atoms with Gasteiger partial charge in [0, 0.05) is 29.0 Å². The van der Waals surface area contributed by atoms with Gasteiger partial charge in [-0.3, -0.25) is 9.55 Å². The number of nitrogens with two attached hydrogens (primary N) is 1. The van der Waals surface area contributed by atoms with Crippen molar-refractivity contribution in [3.63, 3.8) is 0 Å². The van der Waals surface area contributed by atoms with Gasteiger partial charge in [0.25, 0.3) is 0 Å². The molecular formula is C21H15FN6. The predicted molar refractivity (Wildman–Crippen MR) is 107 cm³/mol. The fraction of sp³-hybridized carbons (Fsp3) is 0.0476. The Hall–Kier alpha value is -3.87. The van der Waals surface area contributed by atoms with E-state index >= 15 is 0 Å². The largest absolute Gasteiger partial charge is 0.368 e. The molecule has 28 heavy (non-hydrogen) atoms. The Balaban J connectivity index is 1.81. The molecule has 6 nitrogen and oxygen atoms in total. The van der Waals surface area contributed by atoms with Crippen LogP contribution in [0.25, 0.3) is 38.8 Å². The molecule has 0 radical (unpaired) electrons. The smallest absolute Gasteiger partial charge is 0.219 e. The molecule has 7 heteroatoms. The van der Waals surface area contributed by atoms with Gasteiger partial charge in [0.2, 0.25) is 5.95 Å². The van der Waals surface area contributed by atoms with Crippen molar-refractivity contribution in [1.29, 1.82) is 0 Å². The van der Waals surface area contributed by atoms with Crippen LogP contribution in [-0.2, 0) is 0 Å². The minimum absolute atomic E-state index is 0.235. The Bertz CT molecular complexity index is 1320. The molecule has 3 aromatic heterocycles. The van der Waals surface area contributed by atoms with E-state index < -0.39 is 0 Å². The van der Waals surface area contributed by atoms with E-state index in [1.165, 1.54) is 12.1 Å². The molecule has 5 aromatic rings. The van der Waals surface area contributed by atoms with Gasteiger partial charge in [-0.05, 0) is 48.9 Å². The van der Waals surface area contributed by atoms with Crippen molar-refractivity contribution in [1.82, 2.24) is 24.5 Å². The number of benzene rings is 2. The Morgan fingerprint density at radius 2 is 1.61 bits per heavy atom. The number of aryl methyl sites for hydroxylation is 1. The lowest BCUT2D eigenvalue weighted by Gasteiger charge is -2.10. The Morgan fingerprint density at radius 1 is 0.857 bits per heavy atom. The van der Waals surface area contributed by atoms with Crippen LogP contribution in [0.1, 0.15) is 5.82 Å². The first kappa shape index (κ1) is 16.3. The molecule has 2 N–H and O–H groups in total. The van der Waals surface area contributed by atoms with E-state index in [1.807, 2.05) is 29.7 Å². The van der Waals surface area contributed by atoms with E-state index in [0.717, 1.165) is 44.6 Å². The van der Waals surface area contributed by atoms with Crippen LogP contribution in [0.4, 0.5) is 10.3 Å². The normalized spacial score (nSPS) is 11.4. The summed E-state index contributed by atoms with van der Waals surface area (Å²) < 4.78 is 15.4. The van der Waals surface area contributed by atoms with Crippen molar-refractivity contribution < 1.29 is 4.39 Å². The summed E-state index contributed by atoms with van der Waals surface area (Å²) in [4.78, 5) is 17.3. The molecule has 5 rings (SSSR count). The van der Waals surface area contributed by atoms with E-state index in [2.05, 4.69) is 19.9 Å². The maximum atomic E-state index is 13.4. The maximum absolute atomic E-state index is 13.4. The molecule has 0 bridgehead atoms. The third kappa shape index (κ3) is 2.56. The molecule has 0 amide bonds. The van der Waals surface area contributed by atoms with Gasteiger partial charge >= 0.3 is 0 Å². The highest BCUT2D eigenvalue weighted by molar-refractivity contribution is 6.04. The molecule has 0 aliphatic carbocycles. The first-order chi connectivity index (χ1) is 13.6. The van der Waals surface area contributed by atoms with E-state index in [-0.39, 0.29) is 11.8 Å². The molecular weight excluding hydrogens is 355 g/mol. The lowest BCUT2D eigenvalue weighted by molar-refractivity contribution is 0.627. The number of fused-ring (bicyclic) bond motifs is 3. The molecule has 0 saturated heterocycles. The third-order valence-electron chi connectivity index (χ3n) is 4.74. The molecule has 0 fully saturated rings. The summed E-state index contributed by atoms with van der Waals surface area (Å²) in [6.45, 7) is 1.92. The van der Waals surface area contributed by atoms with Crippen LogP contribution in [-0.4, -0.2) is 24.5 Å². The highest BCUT2D eigenvalue weighted by Gasteiger charge is 2.14. The predicted octanol–water partition coefficient (Wildman–Crippen LogP) is 4.06. The first-order valence-corrected chi connectivity index (χ1v) is 8.72. The van der Waals surface area contributed by atoms with Gasteiger partial charge in [-0.2, -0.15) is 0 Å². The lowest BCUT2D eigenvalue weighted by atomic mass is 10.1. The van der Waals surface area contributed by atoms with Gasteiger partial charge in [-0.15, -0.1) is 0 Å². The number of nitrogen functional groups attached to an aromatic ring is 1. The second-order valence-corrected chi connectivity index (χ2v) is 6.52. The van der Waals surface area contributed by atoms with Crippen molar-refractivity contribution in [3.05, 3.63) is 72.7 Å². The molecule has 0 aliphatic heterocycles. The minimum atomic E-state index is -0.275. The van der Waals surface area contributed by atoms with Crippen LogP contribution in [0.2, 0.25) is 0 Å². The van der Waals surface area contributed by atoms with Crippen LogP contribution < -0.4 is 5.73 Å². The van der Waals surface area contributed by atoms with Crippen LogP contribution in [0.3, 0.4) is 0 Å². The van der Waals surface area contributed by atoms with E-state index in [1.54, 1.807) is 30.7 Å². The molecule has 0 saturated carbocycles. The molecule has 2 aromatic carbocycles. The summed E-state index contributed by atoms with van der Waals surface area (Å²) in [5.74, 6) is 0.763. The van der Waals surface area contributed by atoms with E-state index in [9.17, 15) is 4.39 Å². The number of rotatable bonds is 2. The molecule has 0 unspecified atom stereocenters. The average Bonchev–Trinajstić information content (AvgIpc) is 3.05. The van der Waals surface area contributed by atoms with E-state index in [0.29, 0.717) is 0 Å². The standard InChI is InChI=1S/C21H15FN6/c1-12-27-19-11-24-18-7-2-13(14-9-25-21(23)26-10-14)8-17(18)20(19)28(12)16-5-3-15(22)4-6-16/h2-11H,1H3,(H2,23,25,26). The van der Waals surface area contributed by atoms with Gasteiger partial charge in [0.05, 0.1) is 17.2 Å². The summed E-state index contributed by atoms with van der Waals surface area (Å²) in [7, 11) is 0. The Kier molecular flexibility index (Phi) is 3.55. The second kappa shape index (κ2) is 6.09. The van der Waals surface area contributed by atoms with Gasteiger partial charge in [-0.1, -0.05) is 6.07 Å². The van der Waals surface area contributed by atoms with E-state index in [4.69, 9.17) is 5.73 Å². The summed E-state index contributed by atoms with van der Waals surface area (Å²) in [6.07, 6.45) is 5.15. The summed E-state index contributed by atoms with van der Waals surface area (Å²) in [5, 5.41) is 0.941. The fourth-order valence-electron chi connectivity index (χ4n) is 3.44. The molecule has 136 valence electrons. The highest BCUT2D eigenvalue weighted by atomic mass is 19.1. The first-order valence-electron chi connectivity index (χ1n) is 8.72. The quantitative estimate of drug-likeness (QED) is 0.507. The lowest BCUT2D eigenvalue weighted by Crippen LogP contribution is -1.98. The number of pyridine rings is 1. The summed E-state index contributed by atoms with van der Waals surface area (Å²) >= 11 is 0. The van der Waals surface area contributed by atoms with Gasteiger partial charge in [-0.25, -0.2) is 19.3 Å². The monoisotopic (exact) mass is 370 g/mol. The number of imidazole rings is 1. The topological polar surface area (TPSA) is 82.5 Å². The summed E-state index contributed by atoms with van der Waals surface area (Å²) in [6, 6.07) is 12.4. The Morgan fingerprint density at radius 3 is 2.36 bits per heavy atom. The zero-order chi connectivity index (χ0) is 19.3. The van der Waals surface area contributed by atoms with Gasteiger partial charge < -0.3 is 5.73 Å². The number of anilines is 1. The molecule has 0 aliphatic rings. The zero-order valence-electron chi connectivity index (χ0n) is 15.0. The van der Waals surface area contributed by atoms with Crippen LogP contribution in [0, 0.1) is 12.7 Å².